The van der Waals surface area contributed by atoms with Crippen LogP contribution in [0.15, 0.2) is 30.5 Å². The average molecular weight is 455 g/mol. The number of benzene rings is 1. The van der Waals surface area contributed by atoms with Gasteiger partial charge >= 0.3 is 0 Å². The lowest BCUT2D eigenvalue weighted by Crippen LogP contribution is -2.36. The first-order valence-corrected chi connectivity index (χ1v) is 11.2. The second-order valence-corrected chi connectivity index (χ2v) is 8.39. The normalized spacial score (nSPS) is 14.2. The molecule has 1 amide bonds. The Morgan fingerprint density at radius 1 is 1.31 bits per heavy atom. The van der Waals surface area contributed by atoms with Gasteiger partial charge in [0.15, 0.2) is 16.7 Å². The van der Waals surface area contributed by atoms with E-state index in [1.165, 1.54) is 11.3 Å². The highest BCUT2D eigenvalue weighted by molar-refractivity contribution is 7.21. The molecule has 4 heterocycles. The number of carbonyl (C=O) groups is 1. The third-order valence-electron chi connectivity index (χ3n) is 5.28. The van der Waals surface area contributed by atoms with Crippen LogP contribution in [-0.4, -0.2) is 64.2 Å². The van der Waals surface area contributed by atoms with Crippen molar-refractivity contribution >= 4 is 44.2 Å². The van der Waals surface area contributed by atoms with Gasteiger partial charge in [-0.25, -0.2) is 15.4 Å². The lowest BCUT2D eigenvalue weighted by Gasteiger charge is -2.28. The number of morpholine rings is 1. The average Bonchev–Trinajstić information content (AvgIpc) is 3.48. The summed E-state index contributed by atoms with van der Waals surface area (Å²) in [6.45, 7) is 3.18. The van der Waals surface area contributed by atoms with E-state index >= 15 is 0 Å². The minimum Gasteiger partial charge on any atom is -0.484 e. The summed E-state index contributed by atoms with van der Waals surface area (Å²) in [7, 11) is 0. The van der Waals surface area contributed by atoms with Crippen LogP contribution in [0.25, 0.3) is 32.5 Å². The Hall–Kier alpha value is -3.28. The number of nitrogens with zero attached hydrogens (tertiary/aromatic N) is 4. The van der Waals surface area contributed by atoms with Gasteiger partial charge in [0.25, 0.3) is 0 Å². The number of hydrogen-bond donors (Lipinski definition) is 3. The van der Waals surface area contributed by atoms with Crippen LogP contribution in [-0.2, 0) is 9.53 Å². The number of anilines is 1. The molecule has 3 aromatic heterocycles. The number of H-pyrrole nitrogens is 1. The zero-order chi connectivity index (χ0) is 21.9. The number of hydroxylamine groups is 1. The molecule has 32 heavy (non-hydrogen) atoms. The van der Waals surface area contributed by atoms with Gasteiger partial charge < -0.3 is 14.4 Å². The quantitative estimate of drug-likeness (QED) is 0.221. The Morgan fingerprint density at radius 2 is 2.19 bits per heavy atom. The summed E-state index contributed by atoms with van der Waals surface area (Å²) in [5, 5.41) is 17.4. The van der Waals surface area contributed by atoms with Crippen molar-refractivity contribution in [1.82, 2.24) is 25.6 Å². The molecule has 1 aliphatic heterocycles. The molecule has 1 aliphatic rings. The molecule has 1 fully saturated rings. The topological polar surface area (TPSA) is 125 Å². The maximum Gasteiger partial charge on any atom is 0.243 e. The third kappa shape index (κ3) is 4.09. The molecule has 4 aromatic rings. The lowest BCUT2D eigenvalue weighted by atomic mass is 10.1. The minimum absolute atomic E-state index is 0.194. The first-order chi connectivity index (χ1) is 15.7. The highest BCUT2D eigenvalue weighted by Gasteiger charge is 2.21. The number of carbonyl (C=O) groups excluding carboxylic acids is 1. The van der Waals surface area contributed by atoms with Crippen molar-refractivity contribution in [2.45, 2.75) is 12.8 Å². The summed E-state index contributed by atoms with van der Waals surface area (Å²) in [6, 6.07) is 7.85. The number of ether oxygens (including phenoxy) is 2. The van der Waals surface area contributed by atoms with Crippen LogP contribution >= 0.6 is 11.3 Å². The molecule has 5 rings (SSSR count). The molecule has 11 heteroatoms. The number of aromatic amines is 1. The van der Waals surface area contributed by atoms with Crippen LogP contribution in [0, 0.1) is 0 Å². The van der Waals surface area contributed by atoms with E-state index in [9.17, 15) is 4.79 Å². The first-order valence-electron chi connectivity index (χ1n) is 10.4. The van der Waals surface area contributed by atoms with E-state index in [1.807, 2.05) is 24.3 Å². The van der Waals surface area contributed by atoms with Crippen LogP contribution < -0.4 is 15.1 Å². The maximum atomic E-state index is 11.2. The summed E-state index contributed by atoms with van der Waals surface area (Å²) >= 11 is 1.49. The fourth-order valence-electron chi connectivity index (χ4n) is 3.70. The van der Waals surface area contributed by atoms with Crippen LogP contribution in [0.1, 0.15) is 12.8 Å². The summed E-state index contributed by atoms with van der Waals surface area (Å²) in [6.07, 6.45) is 2.48. The SMILES string of the molecule is O=C(CCCOc1cc2nc(-c3cccc4[nH]ncc34)nc(N3CCOCC3)c2s1)NO. The van der Waals surface area contributed by atoms with Crippen molar-refractivity contribution in [1.29, 1.82) is 0 Å². The number of hydrogen-bond acceptors (Lipinski definition) is 9. The second kappa shape index (κ2) is 9.07. The molecule has 166 valence electrons. The summed E-state index contributed by atoms with van der Waals surface area (Å²) in [5.41, 5.74) is 4.28. The minimum atomic E-state index is -0.427. The Balaban J connectivity index is 1.51. The van der Waals surface area contributed by atoms with Gasteiger partial charge in [-0.3, -0.25) is 15.1 Å². The number of nitrogens with one attached hydrogen (secondary N) is 2. The standard InChI is InChI=1S/C21H22N6O4S/c28-17(26-29)5-2-8-31-18-11-16-19(32-18)21(27-6-9-30-10-7-27)24-20(23-16)13-3-1-4-15-14(13)12-22-25-15/h1,3-4,11-12,29H,2,5-10H2,(H,22,25)(H,26,28). The Morgan fingerprint density at radius 3 is 3.03 bits per heavy atom. The molecule has 1 saturated heterocycles. The van der Waals surface area contributed by atoms with Crippen molar-refractivity contribution in [2.75, 3.05) is 37.8 Å². The molecule has 3 N–H and O–H groups in total. The predicted octanol–water partition coefficient (Wildman–Crippen LogP) is 2.74. The van der Waals surface area contributed by atoms with Crippen molar-refractivity contribution in [2.24, 2.45) is 0 Å². The molecule has 0 aliphatic carbocycles. The zero-order valence-corrected chi connectivity index (χ0v) is 18.0. The molecule has 0 radical (unpaired) electrons. The molecule has 0 bridgehead atoms. The molecule has 0 unspecified atom stereocenters. The van der Waals surface area contributed by atoms with Crippen molar-refractivity contribution in [3.8, 4) is 16.5 Å². The van der Waals surface area contributed by atoms with E-state index in [2.05, 4.69) is 15.1 Å². The Bertz CT molecular complexity index is 1250. The van der Waals surface area contributed by atoms with Gasteiger partial charge in [-0.1, -0.05) is 23.5 Å². The van der Waals surface area contributed by atoms with Crippen molar-refractivity contribution in [3.05, 3.63) is 30.5 Å². The van der Waals surface area contributed by atoms with Crippen molar-refractivity contribution < 1.29 is 19.5 Å². The maximum absolute atomic E-state index is 11.2. The molecule has 1 aromatic carbocycles. The van der Waals surface area contributed by atoms with Gasteiger partial charge in [0.1, 0.15) is 0 Å². The fraction of sp³-hybridized carbons (Fsp3) is 0.333. The molecule has 10 nitrogen and oxygen atoms in total. The number of thiophene rings is 1. The summed E-state index contributed by atoms with van der Waals surface area (Å²) in [5.74, 6) is 1.08. The van der Waals surface area contributed by atoms with E-state index in [0.29, 0.717) is 37.1 Å². The largest absolute Gasteiger partial charge is 0.484 e. The van der Waals surface area contributed by atoms with Gasteiger partial charge in [0.2, 0.25) is 5.91 Å². The van der Waals surface area contributed by atoms with E-state index in [0.717, 1.165) is 45.6 Å². The van der Waals surface area contributed by atoms with Gasteiger partial charge in [0, 0.05) is 36.5 Å². The van der Waals surface area contributed by atoms with E-state index in [1.54, 1.807) is 11.7 Å². The second-order valence-electron chi connectivity index (χ2n) is 7.37. The van der Waals surface area contributed by atoms with Crippen LogP contribution in [0.3, 0.4) is 0 Å². The lowest BCUT2D eigenvalue weighted by molar-refractivity contribution is -0.129. The smallest absolute Gasteiger partial charge is 0.243 e. The van der Waals surface area contributed by atoms with Gasteiger partial charge in [-0.05, 0) is 12.5 Å². The Kier molecular flexibility index (Phi) is 5.84. The van der Waals surface area contributed by atoms with Gasteiger partial charge in [-0.15, -0.1) is 0 Å². The van der Waals surface area contributed by atoms with E-state index < -0.39 is 5.91 Å². The number of fused-ring (bicyclic) bond motifs is 2. The van der Waals surface area contributed by atoms with Crippen LogP contribution in [0.4, 0.5) is 5.82 Å². The fourth-order valence-corrected chi connectivity index (χ4v) is 4.69. The summed E-state index contributed by atoms with van der Waals surface area (Å²) in [4.78, 5) is 23.2. The van der Waals surface area contributed by atoms with Gasteiger partial charge in [-0.2, -0.15) is 5.10 Å². The third-order valence-corrected chi connectivity index (χ3v) is 6.32. The van der Waals surface area contributed by atoms with Gasteiger partial charge in [0.05, 0.1) is 41.8 Å². The van der Waals surface area contributed by atoms with Crippen LogP contribution in [0.2, 0.25) is 0 Å². The number of amides is 1. The number of rotatable bonds is 7. The molecule has 0 spiro atoms. The highest BCUT2D eigenvalue weighted by Crippen LogP contribution is 2.39. The highest BCUT2D eigenvalue weighted by atomic mass is 32.1. The predicted molar refractivity (Wildman–Crippen MR) is 120 cm³/mol. The molecular formula is C21H22N6O4S. The first kappa shape index (κ1) is 20.6. The van der Waals surface area contributed by atoms with Crippen molar-refractivity contribution in [3.63, 3.8) is 0 Å². The van der Waals surface area contributed by atoms with E-state index in [-0.39, 0.29) is 6.42 Å². The molecule has 0 saturated carbocycles. The monoisotopic (exact) mass is 454 g/mol. The zero-order valence-electron chi connectivity index (χ0n) is 17.2. The Labute approximate surface area is 187 Å². The molecule has 0 atom stereocenters. The van der Waals surface area contributed by atoms with E-state index in [4.69, 9.17) is 24.6 Å². The number of aromatic nitrogens is 4. The van der Waals surface area contributed by atoms with Crippen LogP contribution in [0.5, 0.6) is 5.06 Å². The summed E-state index contributed by atoms with van der Waals surface area (Å²) < 4.78 is 12.3. The molecular weight excluding hydrogens is 432 g/mol.